The van der Waals surface area contributed by atoms with Gasteiger partial charge in [0.15, 0.2) is 0 Å². The van der Waals surface area contributed by atoms with Gasteiger partial charge in [-0.25, -0.2) is 0 Å². The number of fused-ring (bicyclic) bond motifs is 2. The van der Waals surface area contributed by atoms with Gasteiger partial charge in [-0.15, -0.1) is 0 Å². The highest BCUT2D eigenvalue weighted by atomic mass is 16.4. The highest BCUT2D eigenvalue weighted by Gasteiger charge is 2.29. The van der Waals surface area contributed by atoms with Crippen molar-refractivity contribution in [1.82, 2.24) is 9.29 Å². The Kier molecular flexibility index (Phi) is 3.34. The first-order valence-electron chi connectivity index (χ1n) is 7.74. The number of allylic oxidation sites excluding steroid dienone is 1. The second-order valence-corrected chi connectivity index (χ2v) is 5.83. The first-order valence-corrected chi connectivity index (χ1v) is 7.74. The first-order chi connectivity index (χ1) is 11.2. The summed E-state index contributed by atoms with van der Waals surface area (Å²) in [6, 6.07) is 14.6. The van der Waals surface area contributed by atoms with Crippen molar-refractivity contribution in [2.75, 3.05) is 0 Å². The largest absolute Gasteiger partial charge is 0.481 e. The van der Waals surface area contributed by atoms with Crippen LogP contribution >= 0.6 is 0 Å². The third-order valence-corrected chi connectivity index (χ3v) is 4.35. The Balaban J connectivity index is 1.64. The molecular formula is C18H16BN2O2. The second-order valence-electron chi connectivity index (χ2n) is 5.83. The minimum atomic E-state index is -0.750. The van der Waals surface area contributed by atoms with Crippen molar-refractivity contribution in [3.8, 4) is 11.3 Å². The lowest BCUT2D eigenvalue weighted by Crippen LogP contribution is -2.39. The summed E-state index contributed by atoms with van der Waals surface area (Å²) in [6.07, 6.45) is 7.08. The molecule has 0 saturated carbocycles. The van der Waals surface area contributed by atoms with E-state index < -0.39 is 5.97 Å². The molecule has 1 radical (unpaired) electrons. The van der Waals surface area contributed by atoms with Crippen LogP contribution in [0.15, 0.2) is 60.3 Å². The van der Waals surface area contributed by atoms with Gasteiger partial charge in [0.2, 0.25) is 0 Å². The highest BCUT2D eigenvalue weighted by Crippen LogP contribution is 2.32. The lowest BCUT2D eigenvalue weighted by Gasteiger charge is -2.31. The van der Waals surface area contributed by atoms with Gasteiger partial charge >= 0.3 is 13.5 Å². The number of nitrogens with zero attached hydrogens (tertiary/aromatic N) is 2. The minimum absolute atomic E-state index is 0.108. The zero-order valence-electron chi connectivity index (χ0n) is 12.6. The summed E-state index contributed by atoms with van der Waals surface area (Å²) in [5, 5.41) is 8.91. The maximum atomic E-state index is 10.8. The number of aromatic nitrogens is 1. The number of carbonyl (C=O) groups is 1. The van der Waals surface area contributed by atoms with E-state index in [2.05, 4.69) is 59.3 Å². The molecule has 1 unspecified atom stereocenters. The van der Waals surface area contributed by atoms with Crippen LogP contribution in [0, 0.1) is 0 Å². The minimum Gasteiger partial charge on any atom is -0.481 e. The number of carboxylic acids is 1. The molecule has 2 aromatic rings. The summed E-state index contributed by atoms with van der Waals surface area (Å²) >= 11 is 0. The molecule has 0 aliphatic carbocycles. The molecule has 1 N–H and O–H groups in total. The Morgan fingerprint density at radius 1 is 1.17 bits per heavy atom. The fraction of sp³-hybridized carbons (Fsp3) is 0.167. The van der Waals surface area contributed by atoms with Crippen molar-refractivity contribution in [2.24, 2.45) is 0 Å². The molecule has 4 rings (SSSR count). The first kappa shape index (κ1) is 13.9. The van der Waals surface area contributed by atoms with Gasteiger partial charge in [-0.2, -0.15) is 0 Å². The lowest BCUT2D eigenvalue weighted by molar-refractivity contribution is -0.137. The number of carboxylic acid groups (broad SMARTS) is 1. The monoisotopic (exact) mass is 303 g/mol. The molecule has 0 saturated heterocycles. The maximum absolute atomic E-state index is 10.8. The van der Waals surface area contributed by atoms with E-state index >= 15 is 0 Å². The molecule has 2 aliphatic rings. The van der Waals surface area contributed by atoms with Gasteiger partial charge in [0, 0.05) is 29.5 Å². The van der Waals surface area contributed by atoms with Gasteiger partial charge in [-0.1, -0.05) is 36.4 Å². The predicted octanol–water partition coefficient (Wildman–Crippen LogP) is 3.00. The number of aliphatic carboxylic acids is 1. The summed E-state index contributed by atoms with van der Waals surface area (Å²) in [5.74, 6) is -0.750. The van der Waals surface area contributed by atoms with E-state index in [1.54, 1.807) is 0 Å². The molecule has 3 heterocycles. The van der Waals surface area contributed by atoms with Crippen molar-refractivity contribution in [3.05, 3.63) is 66.0 Å². The van der Waals surface area contributed by atoms with Crippen LogP contribution in [-0.2, 0) is 4.79 Å². The topological polar surface area (TPSA) is 45.5 Å². The molecule has 1 aromatic heterocycles. The van der Waals surface area contributed by atoms with Gasteiger partial charge < -0.3 is 14.4 Å². The molecule has 0 bridgehead atoms. The van der Waals surface area contributed by atoms with Crippen molar-refractivity contribution in [1.29, 1.82) is 0 Å². The average molecular weight is 303 g/mol. The van der Waals surface area contributed by atoms with Gasteiger partial charge in [-0.3, -0.25) is 4.79 Å². The molecular weight excluding hydrogens is 287 g/mol. The molecule has 2 aliphatic heterocycles. The van der Waals surface area contributed by atoms with Gasteiger partial charge in [0.05, 0.1) is 0 Å². The van der Waals surface area contributed by atoms with Crippen LogP contribution in [0.25, 0.3) is 17.3 Å². The quantitative estimate of drug-likeness (QED) is 0.883. The van der Waals surface area contributed by atoms with Crippen LogP contribution in [-0.4, -0.2) is 34.0 Å². The fourth-order valence-electron chi connectivity index (χ4n) is 3.19. The van der Waals surface area contributed by atoms with Crippen LogP contribution < -0.4 is 0 Å². The highest BCUT2D eigenvalue weighted by molar-refractivity contribution is 6.34. The van der Waals surface area contributed by atoms with Crippen LogP contribution in [0.1, 0.15) is 18.5 Å². The van der Waals surface area contributed by atoms with Gasteiger partial charge in [-0.05, 0) is 36.3 Å². The SMILES string of the molecule is O=C(O)CCC1C=CC2=Cc3ccc(-c4ccccc4)n3[B]N21. The Morgan fingerprint density at radius 3 is 2.78 bits per heavy atom. The predicted molar refractivity (Wildman–Crippen MR) is 90.6 cm³/mol. The molecule has 0 amide bonds. The summed E-state index contributed by atoms with van der Waals surface area (Å²) in [6.45, 7) is 0. The van der Waals surface area contributed by atoms with Crippen molar-refractivity contribution < 1.29 is 9.90 Å². The third kappa shape index (κ3) is 2.48. The Bertz CT molecular complexity index is 808. The number of hydrogen-bond acceptors (Lipinski definition) is 2. The molecule has 23 heavy (non-hydrogen) atoms. The van der Waals surface area contributed by atoms with Gasteiger partial charge in [0.1, 0.15) is 0 Å². The van der Waals surface area contributed by atoms with Crippen molar-refractivity contribution in [2.45, 2.75) is 18.9 Å². The Hall–Kier alpha value is -2.69. The molecule has 5 heteroatoms. The van der Waals surface area contributed by atoms with Crippen molar-refractivity contribution >= 4 is 19.6 Å². The second kappa shape index (κ2) is 5.50. The molecule has 4 nitrogen and oxygen atoms in total. The summed E-state index contributed by atoms with van der Waals surface area (Å²) < 4.78 is 2.17. The van der Waals surface area contributed by atoms with E-state index in [0.29, 0.717) is 6.42 Å². The fourth-order valence-corrected chi connectivity index (χ4v) is 3.19. The standard InChI is InChI=1S/C18H16BN2O2/c22-18(23)11-9-14-6-7-15-12-16-8-10-17(21(16)19-20(14)15)13-4-2-1-3-5-13/h1-8,10,12,14H,9,11H2,(H,22,23). The smallest absolute Gasteiger partial charge is 0.396 e. The molecule has 0 spiro atoms. The molecule has 0 fully saturated rings. The van der Waals surface area contributed by atoms with Crippen LogP contribution in [0.2, 0.25) is 0 Å². The van der Waals surface area contributed by atoms with E-state index in [9.17, 15) is 4.79 Å². The van der Waals surface area contributed by atoms with Crippen molar-refractivity contribution in [3.63, 3.8) is 0 Å². The molecule has 113 valence electrons. The third-order valence-electron chi connectivity index (χ3n) is 4.35. The summed E-state index contributed by atoms with van der Waals surface area (Å²) in [5.41, 5.74) is 4.56. The summed E-state index contributed by atoms with van der Waals surface area (Å²) in [4.78, 5) is 13.0. The number of rotatable bonds is 4. The number of benzene rings is 1. The Morgan fingerprint density at radius 2 is 2.00 bits per heavy atom. The molecule has 1 aromatic carbocycles. The van der Waals surface area contributed by atoms with E-state index in [4.69, 9.17) is 5.11 Å². The van der Waals surface area contributed by atoms with E-state index in [0.717, 1.165) is 17.1 Å². The Labute approximate surface area is 135 Å². The zero-order chi connectivity index (χ0) is 15.8. The lowest BCUT2D eigenvalue weighted by atomic mass is 9.96. The van der Waals surface area contributed by atoms with E-state index in [-0.39, 0.29) is 12.5 Å². The van der Waals surface area contributed by atoms with Crippen LogP contribution in [0.3, 0.4) is 0 Å². The number of hydrogen-bond donors (Lipinski definition) is 1. The van der Waals surface area contributed by atoms with Crippen LogP contribution in [0.5, 0.6) is 0 Å². The average Bonchev–Trinajstić information content (AvgIpc) is 3.15. The van der Waals surface area contributed by atoms with Gasteiger partial charge in [0.25, 0.3) is 0 Å². The summed E-state index contributed by atoms with van der Waals surface area (Å²) in [7, 11) is 2.08. The normalized spacial score (nSPS) is 18.2. The maximum Gasteiger partial charge on any atom is 0.396 e. The van der Waals surface area contributed by atoms with Crippen LogP contribution in [0.4, 0.5) is 0 Å². The van der Waals surface area contributed by atoms with E-state index in [1.807, 2.05) is 18.2 Å². The van der Waals surface area contributed by atoms with E-state index in [1.165, 1.54) is 5.56 Å². The zero-order valence-corrected chi connectivity index (χ0v) is 12.6. The molecule has 1 atom stereocenters.